The quantitative estimate of drug-likeness (QED) is 0.821. The van der Waals surface area contributed by atoms with Crippen LogP contribution in [0.3, 0.4) is 0 Å². The van der Waals surface area contributed by atoms with Gasteiger partial charge in [0.25, 0.3) is 0 Å². The molecule has 0 aromatic heterocycles. The lowest BCUT2D eigenvalue weighted by Crippen LogP contribution is -2.47. The lowest BCUT2D eigenvalue weighted by molar-refractivity contribution is -0.150. The molecule has 0 amide bonds. The van der Waals surface area contributed by atoms with Crippen molar-refractivity contribution in [2.45, 2.75) is 40.0 Å². The Kier molecular flexibility index (Phi) is 5.94. The molecule has 0 heterocycles. The summed E-state index contributed by atoms with van der Waals surface area (Å²) < 4.78 is 5.50. The molecule has 1 atom stereocenters. The third-order valence-corrected chi connectivity index (χ3v) is 3.68. The number of benzene rings is 2. The average Bonchev–Trinajstić information content (AvgIpc) is 2.54. The van der Waals surface area contributed by atoms with Crippen molar-refractivity contribution in [3.05, 3.63) is 71.8 Å². The molecule has 0 aliphatic heterocycles. The molecule has 0 radical (unpaired) electrons. The molecule has 0 saturated carbocycles. The molecule has 0 saturated heterocycles. The normalized spacial score (nSPS) is 12.7. The van der Waals surface area contributed by atoms with E-state index < -0.39 is 0 Å². The minimum absolute atomic E-state index is 0.211. The maximum absolute atomic E-state index is 12.5. The van der Waals surface area contributed by atoms with E-state index >= 15 is 0 Å². The van der Waals surface area contributed by atoms with Gasteiger partial charge < -0.3 is 4.74 Å². The Morgan fingerprint density at radius 2 is 1.48 bits per heavy atom. The molecule has 122 valence electrons. The van der Waals surface area contributed by atoms with Gasteiger partial charge in [-0.05, 0) is 16.5 Å². The Labute approximate surface area is 138 Å². The van der Waals surface area contributed by atoms with Crippen LogP contribution in [0.1, 0.15) is 31.9 Å². The van der Waals surface area contributed by atoms with Crippen molar-refractivity contribution < 1.29 is 9.53 Å². The van der Waals surface area contributed by atoms with Crippen molar-refractivity contribution in [2.75, 3.05) is 0 Å². The first-order valence-corrected chi connectivity index (χ1v) is 7.94. The van der Waals surface area contributed by atoms with Crippen molar-refractivity contribution in [3.8, 4) is 0 Å². The summed E-state index contributed by atoms with van der Waals surface area (Å²) in [5.41, 5.74) is 1.93. The number of carbonyl (C=O) groups excluding carboxylic acids is 1. The highest BCUT2D eigenvalue weighted by atomic mass is 16.5. The molecular weight excluding hydrogens is 286 g/mol. The number of ether oxygens (including phenoxy) is 1. The number of rotatable bonds is 6. The Balaban J connectivity index is 1.96. The fraction of sp³-hybridized carbons (Fsp3) is 0.350. The second-order valence-electron chi connectivity index (χ2n) is 6.76. The zero-order valence-corrected chi connectivity index (χ0v) is 14.1. The van der Waals surface area contributed by atoms with Gasteiger partial charge in [0.2, 0.25) is 0 Å². The monoisotopic (exact) mass is 311 g/mol. The summed E-state index contributed by atoms with van der Waals surface area (Å²) in [7, 11) is 0. The van der Waals surface area contributed by atoms with Gasteiger partial charge in [0, 0.05) is 6.54 Å². The predicted octanol–water partition coefficient (Wildman–Crippen LogP) is 3.93. The van der Waals surface area contributed by atoms with E-state index in [1.165, 1.54) is 0 Å². The lowest BCUT2D eigenvalue weighted by Gasteiger charge is -2.29. The van der Waals surface area contributed by atoms with E-state index in [4.69, 9.17) is 4.74 Å². The van der Waals surface area contributed by atoms with Gasteiger partial charge >= 0.3 is 5.97 Å². The second kappa shape index (κ2) is 7.93. The third kappa shape index (κ3) is 5.53. The van der Waals surface area contributed by atoms with Crippen LogP contribution in [0.4, 0.5) is 0 Å². The van der Waals surface area contributed by atoms with E-state index in [1.807, 2.05) is 81.4 Å². The number of hydrogen-bond acceptors (Lipinski definition) is 3. The molecule has 0 spiro atoms. The van der Waals surface area contributed by atoms with Crippen LogP contribution in [-0.4, -0.2) is 12.0 Å². The summed E-state index contributed by atoms with van der Waals surface area (Å²) in [6.07, 6.45) is 0. The van der Waals surface area contributed by atoms with Crippen molar-refractivity contribution >= 4 is 5.97 Å². The SMILES string of the molecule is CC(C)(C)[C@H](NCc1ccccc1)C(=O)OCc1ccccc1. The van der Waals surface area contributed by atoms with Crippen LogP contribution in [0.5, 0.6) is 0 Å². The van der Waals surface area contributed by atoms with E-state index in [0.717, 1.165) is 11.1 Å². The van der Waals surface area contributed by atoms with Crippen LogP contribution in [0.15, 0.2) is 60.7 Å². The zero-order valence-electron chi connectivity index (χ0n) is 14.1. The Morgan fingerprint density at radius 1 is 0.957 bits per heavy atom. The van der Waals surface area contributed by atoms with Crippen LogP contribution in [-0.2, 0) is 22.7 Å². The van der Waals surface area contributed by atoms with Crippen molar-refractivity contribution in [1.29, 1.82) is 0 Å². The molecule has 0 bridgehead atoms. The minimum Gasteiger partial charge on any atom is -0.460 e. The van der Waals surface area contributed by atoms with Gasteiger partial charge in [-0.2, -0.15) is 0 Å². The molecule has 0 fully saturated rings. The van der Waals surface area contributed by atoms with E-state index in [9.17, 15) is 4.79 Å². The van der Waals surface area contributed by atoms with Gasteiger partial charge in [-0.25, -0.2) is 0 Å². The Morgan fingerprint density at radius 3 is 2.00 bits per heavy atom. The average molecular weight is 311 g/mol. The Bertz CT molecular complexity index is 603. The van der Waals surface area contributed by atoms with Crippen molar-refractivity contribution in [3.63, 3.8) is 0 Å². The van der Waals surface area contributed by atoms with Crippen molar-refractivity contribution in [2.24, 2.45) is 5.41 Å². The van der Waals surface area contributed by atoms with Gasteiger partial charge in [0.1, 0.15) is 12.6 Å². The molecule has 23 heavy (non-hydrogen) atoms. The van der Waals surface area contributed by atoms with E-state index in [0.29, 0.717) is 13.2 Å². The molecule has 1 N–H and O–H groups in total. The highest BCUT2D eigenvalue weighted by Gasteiger charge is 2.32. The third-order valence-electron chi connectivity index (χ3n) is 3.68. The van der Waals surface area contributed by atoms with Crippen LogP contribution in [0, 0.1) is 5.41 Å². The van der Waals surface area contributed by atoms with Gasteiger partial charge in [-0.15, -0.1) is 0 Å². The van der Waals surface area contributed by atoms with Gasteiger partial charge in [0.05, 0.1) is 0 Å². The maximum Gasteiger partial charge on any atom is 0.324 e. The molecule has 2 aromatic carbocycles. The fourth-order valence-corrected chi connectivity index (χ4v) is 2.37. The highest BCUT2D eigenvalue weighted by Crippen LogP contribution is 2.21. The topological polar surface area (TPSA) is 38.3 Å². The molecular formula is C20H25NO2. The molecule has 2 aromatic rings. The first kappa shape index (κ1) is 17.2. The maximum atomic E-state index is 12.5. The van der Waals surface area contributed by atoms with Gasteiger partial charge in [0.15, 0.2) is 0 Å². The standard InChI is InChI=1S/C20H25NO2/c1-20(2,3)18(21-14-16-10-6-4-7-11-16)19(22)23-15-17-12-8-5-9-13-17/h4-13,18,21H,14-15H2,1-3H3/t18-/m1/s1. The van der Waals surface area contributed by atoms with Gasteiger partial charge in [-0.1, -0.05) is 81.4 Å². The number of esters is 1. The number of carbonyl (C=O) groups is 1. The highest BCUT2D eigenvalue weighted by molar-refractivity contribution is 5.76. The first-order valence-electron chi connectivity index (χ1n) is 7.94. The fourth-order valence-electron chi connectivity index (χ4n) is 2.37. The minimum atomic E-state index is -0.355. The smallest absolute Gasteiger partial charge is 0.324 e. The zero-order chi connectivity index (χ0) is 16.7. The molecule has 3 heteroatoms. The van der Waals surface area contributed by atoms with Crippen LogP contribution in [0.25, 0.3) is 0 Å². The van der Waals surface area contributed by atoms with Crippen LogP contribution < -0.4 is 5.32 Å². The number of hydrogen-bond donors (Lipinski definition) is 1. The van der Waals surface area contributed by atoms with Crippen LogP contribution >= 0.6 is 0 Å². The summed E-state index contributed by atoms with van der Waals surface area (Å²) in [5, 5.41) is 3.34. The predicted molar refractivity (Wildman–Crippen MR) is 92.8 cm³/mol. The second-order valence-corrected chi connectivity index (χ2v) is 6.76. The molecule has 0 aliphatic carbocycles. The summed E-state index contributed by atoms with van der Waals surface area (Å²) in [4.78, 5) is 12.5. The largest absolute Gasteiger partial charge is 0.460 e. The molecule has 2 rings (SSSR count). The number of nitrogens with one attached hydrogen (secondary N) is 1. The summed E-state index contributed by atoms with van der Waals surface area (Å²) in [5.74, 6) is -0.211. The van der Waals surface area contributed by atoms with Crippen LogP contribution in [0.2, 0.25) is 0 Å². The Hall–Kier alpha value is -2.13. The summed E-state index contributed by atoms with van der Waals surface area (Å²) >= 11 is 0. The molecule has 3 nitrogen and oxygen atoms in total. The van der Waals surface area contributed by atoms with E-state index in [2.05, 4.69) is 5.32 Å². The van der Waals surface area contributed by atoms with Gasteiger partial charge in [-0.3, -0.25) is 10.1 Å². The van der Waals surface area contributed by atoms with E-state index in [-0.39, 0.29) is 17.4 Å². The molecule has 0 aliphatic rings. The summed E-state index contributed by atoms with van der Waals surface area (Å²) in [6.45, 7) is 7.07. The van der Waals surface area contributed by atoms with E-state index in [1.54, 1.807) is 0 Å². The first-order chi connectivity index (χ1) is 11.0. The van der Waals surface area contributed by atoms with Crippen molar-refractivity contribution in [1.82, 2.24) is 5.32 Å². The molecule has 0 unspecified atom stereocenters. The lowest BCUT2D eigenvalue weighted by atomic mass is 9.86. The summed E-state index contributed by atoms with van der Waals surface area (Å²) in [6, 6.07) is 19.5.